The van der Waals surface area contributed by atoms with Gasteiger partial charge in [0.25, 0.3) is 0 Å². The molecule has 1 amide bonds. The van der Waals surface area contributed by atoms with Crippen molar-refractivity contribution in [3.8, 4) is 11.4 Å². The Morgan fingerprint density at radius 1 is 1.15 bits per heavy atom. The monoisotopic (exact) mass is 452 g/mol. The predicted octanol–water partition coefficient (Wildman–Crippen LogP) is 2.66. The van der Waals surface area contributed by atoms with Gasteiger partial charge in [0.15, 0.2) is 0 Å². The van der Waals surface area contributed by atoms with E-state index in [4.69, 9.17) is 4.74 Å². The highest BCUT2D eigenvalue weighted by atomic mass is 16.5. The van der Waals surface area contributed by atoms with Crippen molar-refractivity contribution in [3.05, 3.63) is 60.2 Å². The fraction of sp³-hybridized carbons (Fsp3) is 0.261. The van der Waals surface area contributed by atoms with E-state index in [1.807, 2.05) is 12.1 Å². The van der Waals surface area contributed by atoms with Crippen molar-refractivity contribution in [2.75, 3.05) is 0 Å². The third kappa shape index (κ3) is 5.73. The standard InChI is InChI=1S/C23H24N4O6/c1-13(2)22(30)24-18(23(31)32)9-11-21(29)33-14(3)15-8-10-20(28)19(12-15)27-25-16-6-4-5-7-17(16)26-27/h4-8,10,12,14,18,28H,1,9,11H2,2-3H3,(H,24,30)(H,31,32). The highest BCUT2D eigenvalue weighted by Crippen LogP contribution is 2.27. The molecule has 3 N–H and O–H groups in total. The molecule has 0 aliphatic carbocycles. The SMILES string of the molecule is C=C(C)C(=O)NC(CCC(=O)OC(C)c1ccc(O)c(-n2nc3ccccc3n2)c1)C(=O)O. The van der Waals surface area contributed by atoms with Crippen molar-refractivity contribution < 1.29 is 29.3 Å². The van der Waals surface area contributed by atoms with Gasteiger partial charge in [-0.1, -0.05) is 24.8 Å². The van der Waals surface area contributed by atoms with Crippen LogP contribution in [-0.2, 0) is 19.1 Å². The van der Waals surface area contributed by atoms with Gasteiger partial charge >= 0.3 is 11.9 Å². The van der Waals surface area contributed by atoms with Crippen LogP contribution in [0.15, 0.2) is 54.6 Å². The molecule has 0 bridgehead atoms. The van der Waals surface area contributed by atoms with Gasteiger partial charge in [-0.15, -0.1) is 15.0 Å². The van der Waals surface area contributed by atoms with Gasteiger partial charge in [0.05, 0.1) is 0 Å². The maximum absolute atomic E-state index is 12.3. The maximum atomic E-state index is 12.3. The number of nitrogens with zero attached hydrogens (tertiary/aromatic N) is 3. The number of esters is 1. The summed E-state index contributed by atoms with van der Waals surface area (Å²) in [5.41, 5.74) is 2.39. The number of hydrogen-bond donors (Lipinski definition) is 3. The van der Waals surface area contributed by atoms with Gasteiger partial charge in [-0.25, -0.2) is 4.79 Å². The zero-order chi connectivity index (χ0) is 24.1. The third-order valence-electron chi connectivity index (χ3n) is 4.91. The Balaban J connectivity index is 1.67. The van der Waals surface area contributed by atoms with E-state index >= 15 is 0 Å². The topological polar surface area (TPSA) is 144 Å². The highest BCUT2D eigenvalue weighted by molar-refractivity contribution is 5.94. The average Bonchev–Trinajstić information content (AvgIpc) is 3.20. The lowest BCUT2D eigenvalue weighted by Gasteiger charge is -2.17. The molecule has 0 saturated carbocycles. The number of carboxylic acids is 1. The molecule has 0 saturated heterocycles. The van der Waals surface area contributed by atoms with Crippen LogP contribution in [0.3, 0.4) is 0 Å². The molecule has 10 nitrogen and oxygen atoms in total. The summed E-state index contributed by atoms with van der Waals surface area (Å²) >= 11 is 0. The zero-order valence-corrected chi connectivity index (χ0v) is 18.2. The normalized spacial score (nSPS) is 12.7. The number of carbonyl (C=O) groups excluding carboxylic acids is 2. The number of amides is 1. The van der Waals surface area contributed by atoms with E-state index in [1.165, 1.54) is 17.8 Å². The van der Waals surface area contributed by atoms with Gasteiger partial charge in [0, 0.05) is 12.0 Å². The van der Waals surface area contributed by atoms with Crippen LogP contribution in [0.5, 0.6) is 5.75 Å². The van der Waals surface area contributed by atoms with E-state index in [0.29, 0.717) is 22.3 Å². The zero-order valence-electron chi connectivity index (χ0n) is 18.2. The molecule has 0 radical (unpaired) electrons. The summed E-state index contributed by atoms with van der Waals surface area (Å²) < 4.78 is 5.41. The number of rotatable bonds is 9. The van der Waals surface area contributed by atoms with E-state index in [0.717, 1.165) is 0 Å². The van der Waals surface area contributed by atoms with Crippen molar-refractivity contribution in [2.45, 2.75) is 38.8 Å². The van der Waals surface area contributed by atoms with Crippen LogP contribution in [0, 0.1) is 0 Å². The second-order valence-electron chi connectivity index (χ2n) is 7.54. The molecule has 2 unspecified atom stereocenters. The molecule has 1 heterocycles. The average molecular weight is 452 g/mol. The minimum Gasteiger partial charge on any atom is -0.506 e. The van der Waals surface area contributed by atoms with Crippen LogP contribution in [0.25, 0.3) is 16.7 Å². The van der Waals surface area contributed by atoms with Crippen molar-refractivity contribution >= 4 is 28.9 Å². The largest absolute Gasteiger partial charge is 0.506 e. The highest BCUT2D eigenvalue weighted by Gasteiger charge is 2.23. The van der Waals surface area contributed by atoms with E-state index in [-0.39, 0.29) is 24.2 Å². The Hall–Kier alpha value is -4.21. The second-order valence-corrected chi connectivity index (χ2v) is 7.54. The number of carboxylic acid groups (broad SMARTS) is 1. The Labute approximate surface area is 189 Å². The van der Waals surface area contributed by atoms with Gasteiger partial charge in [0.2, 0.25) is 5.91 Å². The lowest BCUT2D eigenvalue weighted by atomic mass is 10.1. The molecular weight excluding hydrogens is 428 g/mol. The molecule has 2 aromatic carbocycles. The molecule has 3 aromatic rings. The maximum Gasteiger partial charge on any atom is 0.326 e. The molecule has 33 heavy (non-hydrogen) atoms. The fourth-order valence-electron chi connectivity index (χ4n) is 3.05. The number of aliphatic carboxylic acids is 1. The van der Waals surface area contributed by atoms with Gasteiger partial charge in [-0.2, -0.15) is 0 Å². The van der Waals surface area contributed by atoms with Gasteiger partial charge in [0.1, 0.15) is 34.6 Å². The first kappa shape index (κ1) is 23.5. The summed E-state index contributed by atoms with van der Waals surface area (Å²) in [6.07, 6.45) is -1.03. The van der Waals surface area contributed by atoms with Crippen LogP contribution < -0.4 is 5.32 Å². The minimum atomic E-state index is -1.26. The lowest BCUT2D eigenvalue weighted by molar-refractivity contribution is -0.149. The van der Waals surface area contributed by atoms with Gasteiger partial charge in [-0.3, -0.25) is 9.59 Å². The Kier molecular flexibility index (Phi) is 7.07. The number of nitrogens with one attached hydrogen (secondary N) is 1. The molecule has 0 spiro atoms. The summed E-state index contributed by atoms with van der Waals surface area (Å²) in [5.74, 6) is -2.53. The quantitative estimate of drug-likeness (QED) is 0.332. The predicted molar refractivity (Wildman–Crippen MR) is 119 cm³/mol. The summed E-state index contributed by atoms with van der Waals surface area (Å²) in [5, 5.41) is 30.5. The molecule has 10 heteroatoms. The van der Waals surface area contributed by atoms with Crippen LogP contribution >= 0.6 is 0 Å². The van der Waals surface area contributed by atoms with Crippen molar-refractivity contribution in [1.82, 2.24) is 20.3 Å². The summed E-state index contributed by atoms with van der Waals surface area (Å²) in [7, 11) is 0. The smallest absolute Gasteiger partial charge is 0.326 e. The molecule has 0 fully saturated rings. The molecule has 2 atom stereocenters. The number of hydrogen-bond acceptors (Lipinski definition) is 7. The first-order valence-corrected chi connectivity index (χ1v) is 10.2. The van der Waals surface area contributed by atoms with Crippen LogP contribution in [-0.4, -0.2) is 49.1 Å². The number of aromatic hydroxyl groups is 1. The number of phenolic OH excluding ortho intramolecular Hbond substituents is 1. The fourth-order valence-corrected chi connectivity index (χ4v) is 3.05. The van der Waals surface area contributed by atoms with Crippen LogP contribution in [0.4, 0.5) is 0 Å². The molecule has 0 aliphatic rings. The lowest BCUT2D eigenvalue weighted by Crippen LogP contribution is -2.41. The van der Waals surface area contributed by atoms with Crippen molar-refractivity contribution in [2.24, 2.45) is 0 Å². The van der Waals surface area contributed by atoms with Crippen LogP contribution in [0.2, 0.25) is 0 Å². The summed E-state index contributed by atoms with van der Waals surface area (Å²) in [6.45, 7) is 6.57. The Morgan fingerprint density at radius 2 is 1.79 bits per heavy atom. The number of ether oxygens (including phenoxy) is 1. The van der Waals surface area contributed by atoms with E-state index < -0.39 is 30.0 Å². The minimum absolute atomic E-state index is 0.0462. The third-order valence-corrected chi connectivity index (χ3v) is 4.91. The molecular formula is C23H24N4O6. The van der Waals surface area contributed by atoms with E-state index in [9.17, 15) is 24.6 Å². The molecule has 172 valence electrons. The molecule has 3 rings (SSSR count). The van der Waals surface area contributed by atoms with E-state index in [1.54, 1.807) is 31.2 Å². The number of phenols is 1. The Bertz CT molecular complexity index is 1190. The number of aromatic nitrogens is 3. The van der Waals surface area contributed by atoms with Crippen molar-refractivity contribution in [1.29, 1.82) is 0 Å². The summed E-state index contributed by atoms with van der Waals surface area (Å²) in [6, 6.07) is 10.7. The first-order chi connectivity index (χ1) is 15.7. The van der Waals surface area contributed by atoms with Gasteiger partial charge < -0.3 is 20.3 Å². The molecule has 0 aliphatic heterocycles. The van der Waals surface area contributed by atoms with E-state index in [2.05, 4.69) is 22.1 Å². The first-order valence-electron chi connectivity index (χ1n) is 10.2. The number of fused-ring (bicyclic) bond motifs is 1. The summed E-state index contributed by atoms with van der Waals surface area (Å²) in [4.78, 5) is 36.6. The molecule has 1 aromatic heterocycles. The van der Waals surface area contributed by atoms with Crippen molar-refractivity contribution in [3.63, 3.8) is 0 Å². The second kappa shape index (κ2) is 9.94. The number of carbonyl (C=O) groups is 3. The Morgan fingerprint density at radius 3 is 2.36 bits per heavy atom. The van der Waals surface area contributed by atoms with Gasteiger partial charge in [-0.05, 0) is 50.1 Å². The number of benzene rings is 2. The van der Waals surface area contributed by atoms with Crippen LogP contribution in [0.1, 0.15) is 38.4 Å².